The molecule has 3 N–H and O–H groups in total. The van der Waals surface area contributed by atoms with Gasteiger partial charge in [-0.15, -0.1) is 10.2 Å². The van der Waals surface area contributed by atoms with E-state index in [1.165, 1.54) is 35.0 Å². The van der Waals surface area contributed by atoms with Crippen LogP contribution in [-0.2, 0) is 13.1 Å². The van der Waals surface area contributed by atoms with Crippen LogP contribution in [0, 0.1) is 5.82 Å². The van der Waals surface area contributed by atoms with Crippen molar-refractivity contribution < 1.29 is 14.0 Å². The van der Waals surface area contributed by atoms with E-state index in [0.29, 0.717) is 17.0 Å². The van der Waals surface area contributed by atoms with Crippen molar-refractivity contribution in [3.63, 3.8) is 0 Å². The quantitative estimate of drug-likeness (QED) is 0.308. The molecular weight excluding hydrogens is 489 g/mol. The topological polar surface area (TPSA) is 143 Å². The van der Waals surface area contributed by atoms with Crippen LogP contribution in [0.4, 0.5) is 4.39 Å². The number of fused-ring (bicyclic) bond motifs is 1. The fraction of sp³-hybridized carbons (Fsp3) is 0.0870. The minimum absolute atomic E-state index is 0.0332. The molecule has 0 aliphatic carbocycles. The van der Waals surface area contributed by atoms with E-state index in [9.17, 15) is 14.0 Å². The number of carbonyl (C=O) groups is 2. The summed E-state index contributed by atoms with van der Waals surface area (Å²) in [7, 11) is 0. The minimum Gasteiger partial charge on any atom is -0.347 e. The molecule has 0 fully saturated rings. The predicted octanol–water partition coefficient (Wildman–Crippen LogP) is 2.56. The van der Waals surface area contributed by atoms with Crippen molar-refractivity contribution in [2.45, 2.75) is 13.1 Å². The van der Waals surface area contributed by atoms with Gasteiger partial charge in [-0.2, -0.15) is 10.3 Å². The Morgan fingerprint density at radius 3 is 2.47 bits per heavy atom. The average molecular weight is 506 g/mol. The number of nitrogens with one attached hydrogen (secondary N) is 3. The summed E-state index contributed by atoms with van der Waals surface area (Å²) in [6.45, 7) is 0.343. The highest BCUT2D eigenvalue weighted by molar-refractivity contribution is 6.30. The standard InChI is InChI=1S/C23H17ClFN9O2/c24-16-9-14(3-6-17(16)25)12-26-22(35)18-10-19(34-20(29-18)7-8-28-34)23(36)27-11-13-1-4-15(5-2-13)21-30-32-33-31-21/h1-10H,11-12H2,(H,26,35)(H,27,36)(H,30,31,32,33). The lowest BCUT2D eigenvalue weighted by Gasteiger charge is -2.10. The van der Waals surface area contributed by atoms with Gasteiger partial charge in [0.05, 0.1) is 11.2 Å². The van der Waals surface area contributed by atoms with Gasteiger partial charge < -0.3 is 10.6 Å². The van der Waals surface area contributed by atoms with Crippen LogP contribution >= 0.6 is 11.6 Å². The second kappa shape index (κ2) is 9.88. The zero-order chi connectivity index (χ0) is 25.1. The number of rotatable bonds is 7. The summed E-state index contributed by atoms with van der Waals surface area (Å²) in [5.74, 6) is -1.02. The highest BCUT2D eigenvalue weighted by Gasteiger charge is 2.18. The van der Waals surface area contributed by atoms with Crippen molar-refractivity contribution in [1.29, 1.82) is 0 Å². The van der Waals surface area contributed by atoms with Gasteiger partial charge in [-0.1, -0.05) is 41.9 Å². The molecule has 36 heavy (non-hydrogen) atoms. The van der Waals surface area contributed by atoms with Crippen LogP contribution in [0.1, 0.15) is 32.1 Å². The summed E-state index contributed by atoms with van der Waals surface area (Å²) in [5.41, 5.74) is 2.75. The first-order valence-electron chi connectivity index (χ1n) is 10.7. The molecule has 0 saturated heterocycles. The van der Waals surface area contributed by atoms with E-state index < -0.39 is 17.6 Å². The maximum Gasteiger partial charge on any atom is 0.270 e. The second-order valence-electron chi connectivity index (χ2n) is 7.67. The van der Waals surface area contributed by atoms with Gasteiger partial charge in [0, 0.05) is 30.8 Å². The third-order valence-electron chi connectivity index (χ3n) is 5.27. The Kier molecular flexibility index (Phi) is 6.33. The molecule has 0 spiro atoms. The molecule has 13 heteroatoms. The number of hydrogen-bond donors (Lipinski definition) is 3. The average Bonchev–Trinajstić information content (AvgIpc) is 3.60. The van der Waals surface area contributed by atoms with Gasteiger partial charge in [0.1, 0.15) is 17.2 Å². The van der Waals surface area contributed by atoms with Gasteiger partial charge in [-0.05, 0) is 28.5 Å². The van der Waals surface area contributed by atoms with Crippen molar-refractivity contribution >= 4 is 29.1 Å². The van der Waals surface area contributed by atoms with Crippen molar-refractivity contribution in [2.75, 3.05) is 0 Å². The molecule has 3 heterocycles. The highest BCUT2D eigenvalue weighted by Crippen LogP contribution is 2.17. The largest absolute Gasteiger partial charge is 0.347 e. The molecule has 0 aliphatic rings. The minimum atomic E-state index is -0.543. The number of hydrogen-bond acceptors (Lipinski definition) is 7. The van der Waals surface area contributed by atoms with Gasteiger partial charge in [0.25, 0.3) is 11.8 Å². The fourth-order valence-corrected chi connectivity index (χ4v) is 3.65. The lowest BCUT2D eigenvalue weighted by molar-refractivity contribution is 0.0942. The molecular formula is C23H17ClFN9O2. The molecule has 0 aliphatic heterocycles. The van der Waals surface area contributed by atoms with E-state index >= 15 is 0 Å². The molecule has 3 aromatic heterocycles. The number of aromatic amines is 1. The first-order chi connectivity index (χ1) is 17.5. The van der Waals surface area contributed by atoms with Gasteiger partial charge in [-0.3, -0.25) is 9.59 Å². The molecule has 0 bridgehead atoms. The Morgan fingerprint density at radius 1 is 0.972 bits per heavy atom. The van der Waals surface area contributed by atoms with Crippen LogP contribution in [0.15, 0.2) is 60.8 Å². The number of carbonyl (C=O) groups excluding carboxylic acids is 2. The number of nitrogens with zero attached hydrogens (tertiary/aromatic N) is 6. The number of benzene rings is 2. The zero-order valence-corrected chi connectivity index (χ0v) is 19.2. The molecule has 11 nitrogen and oxygen atoms in total. The zero-order valence-electron chi connectivity index (χ0n) is 18.4. The molecule has 5 rings (SSSR count). The number of tetrazole rings is 1. The lowest BCUT2D eigenvalue weighted by Crippen LogP contribution is -2.28. The number of H-pyrrole nitrogens is 1. The van der Waals surface area contributed by atoms with Crippen LogP contribution in [0.25, 0.3) is 17.0 Å². The van der Waals surface area contributed by atoms with Gasteiger partial charge in [-0.25, -0.2) is 13.9 Å². The fourth-order valence-electron chi connectivity index (χ4n) is 3.44. The Labute approximate surface area is 207 Å². The predicted molar refractivity (Wildman–Crippen MR) is 126 cm³/mol. The Hall–Kier alpha value is -4.71. The van der Waals surface area contributed by atoms with Gasteiger partial charge >= 0.3 is 0 Å². The summed E-state index contributed by atoms with van der Waals surface area (Å²) in [5, 5.41) is 23.4. The van der Waals surface area contributed by atoms with Crippen molar-refractivity contribution in [2.24, 2.45) is 0 Å². The first kappa shape index (κ1) is 23.1. The molecule has 2 amide bonds. The molecule has 0 saturated carbocycles. The second-order valence-corrected chi connectivity index (χ2v) is 8.08. The third-order valence-corrected chi connectivity index (χ3v) is 5.56. The smallest absolute Gasteiger partial charge is 0.270 e. The Morgan fingerprint density at radius 2 is 1.72 bits per heavy atom. The van der Waals surface area contributed by atoms with Crippen molar-refractivity contribution in [1.82, 2.24) is 45.9 Å². The maximum absolute atomic E-state index is 13.4. The summed E-state index contributed by atoms with van der Waals surface area (Å²) < 4.78 is 14.7. The van der Waals surface area contributed by atoms with Gasteiger partial charge in [0.2, 0.25) is 5.82 Å². The third kappa shape index (κ3) is 4.88. The van der Waals surface area contributed by atoms with Crippen molar-refractivity contribution in [3.8, 4) is 11.4 Å². The maximum atomic E-state index is 13.4. The summed E-state index contributed by atoms with van der Waals surface area (Å²) in [6.07, 6.45) is 1.48. The SMILES string of the molecule is O=C(NCc1ccc(F)c(Cl)c1)c1cc(C(=O)NCc2ccc(-c3nn[nH]n3)cc2)n2nccc2n1. The van der Waals surface area contributed by atoms with Crippen LogP contribution in [0.3, 0.4) is 0 Å². The monoisotopic (exact) mass is 505 g/mol. The summed E-state index contributed by atoms with van der Waals surface area (Å²) >= 11 is 5.80. The van der Waals surface area contributed by atoms with E-state index in [0.717, 1.165) is 11.1 Å². The van der Waals surface area contributed by atoms with E-state index in [2.05, 4.69) is 41.3 Å². The molecule has 0 unspecified atom stereocenters. The summed E-state index contributed by atoms with van der Waals surface area (Å²) in [4.78, 5) is 30.0. The van der Waals surface area contributed by atoms with Crippen LogP contribution < -0.4 is 10.6 Å². The molecule has 180 valence electrons. The van der Waals surface area contributed by atoms with E-state index in [-0.39, 0.29) is 29.5 Å². The number of aromatic nitrogens is 7. The first-order valence-corrected chi connectivity index (χ1v) is 11.0. The van der Waals surface area contributed by atoms with E-state index in [4.69, 9.17) is 11.6 Å². The van der Waals surface area contributed by atoms with Crippen LogP contribution in [0.2, 0.25) is 5.02 Å². The normalized spacial score (nSPS) is 10.9. The summed E-state index contributed by atoms with van der Waals surface area (Å²) in [6, 6.07) is 14.4. The van der Waals surface area contributed by atoms with Gasteiger partial charge in [0.15, 0.2) is 5.65 Å². The van der Waals surface area contributed by atoms with E-state index in [1.807, 2.05) is 24.3 Å². The molecule has 0 radical (unpaired) electrons. The number of amides is 2. The molecule has 0 atom stereocenters. The lowest BCUT2D eigenvalue weighted by atomic mass is 10.1. The Bertz CT molecular complexity index is 1550. The Balaban J connectivity index is 1.29. The van der Waals surface area contributed by atoms with Crippen LogP contribution in [-0.4, -0.2) is 47.0 Å². The molecule has 5 aromatic rings. The molecule has 2 aromatic carbocycles. The van der Waals surface area contributed by atoms with E-state index in [1.54, 1.807) is 6.07 Å². The van der Waals surface area contributed by atoms with Crippen LogP contribution in [0.5, 0.6) is 0 Å². The highest BCUT2D eigenvalue weighted by atomic mass is 35.5. The number of halogens is 2. The van der Waals surface area contributed by atoms with Crippen molar-refractivity contribution in [3.05, 3.63) is 94.1 Å².